The van der Waals surface area contributed by atoms with Crippen molar-refractivity contribution >= 4 is 5.95 Å². The van der Waals surface area contributed by atoms with Crippen LogP contribution < -0.4 is 5.32 Å². The fourth-order valence-electron chi connectivity index (χ4n) is 1.63. The van der Waals surface area contributed by atoms with Crippen molar-refractivity contribution in [2.45, 2.75) is 33.8 Å². The average Bonchev–Trinajstić information content (AvgIpc) is 2.27. The lowest BCUT2D eigenvalue weighted by Crippen LogP contribution is -2.35. The van der Waals surface area contributed by atoms with Crippen LogP contribution in [0.1, 0.15) is 32.2 Å². The molecule has 18 heavy (non-hydrogen) atoms. The van der Waals surface area contributed by atoms with E-state index in [-0.39, 0.29) is 11.5 Å². The largest absolute Gasteiger partial charge is 0.379 e. The Balaban J connectivity index is 2.74. The zero-order valence-electron chi connectivity index (χ0n) is 11.6. The Morgan fingerprint density at radius 2 is 2.11 bits per heavy atom. The molecule has 0 fully saturated rings. The van der Waals surface area contributed by atoms with Crippen molar-refractivity contribution < 1.29 is 4.74 Å². The summed E-state index contributed by atoms with van der Waals surface area (Å²) < 4.78 is 5.44. The molecule has 0 aliphatic rings. The standard InChI is InChI=1S/C13H20N4O/c1-9-6-10(7-14)17-12(16-9)15-8-11(18-5)13(2,3)4/h6,11H,8H2,1-5H3,(H,15,16,17)/t11-/m0/s1. The average molecular weight is 248 g/mol. The van der Waals surface area contributed by atoms with E-state index in [1.54, 1.807) is 13.2 Å². The quantitative estimate of drug-likeness (QED) is 0.883. The minimum absolute atomic E-state index is 0.0314. The van der Waals surface area contributed by atoms with E-state index in [1.165, 1.54) is 0 Å². The van der Waals surface area contributed by atoms with Gasteiger partial charge in [0, 0.05) is 19.3 Å². The summed E-state index contributed by atoms with van der Waals surface area (Å²) in [6.07, 6.45) is 0.0483. The second-order valence-corrected chi connectivity index (χ2v) is 5.30. The molecule has 0 aliphatic carbocycles. The highest BCUT2D eigenvalue weighted by molar-refractivity contribution is 5.33. The van der Waals surface area contributed by atoms with Crippen molar-refractivity contribution in [2.24, 2.45) is 5.41 Å². The summed E-state index contributed by atoms with van der Waals surface area (Å²) in [6, 6.07) is 3.67. The summed E-state index contributed by atoms with van der Waals surface area (Å²) in [7, 11) is 1.69. The fourth-order valence-corrected chi connectivity index (χ4v) is 1.63. The van der Waals surface area contributed by atoms with Gasteiger partial charge >= 0.3 is 0 Å². The molecule has 0 aliphatic heterocycles. The van der Waals surface area contributed by atoms with Gasteiger partial charge in [0.25, 0.3) is 0 Å². The molecule has 0 unspecified atom stereocenters. The Morgan fingerprint density at radius 3 is 2.61 bits per heavy atom. The van der Waals surface area contributed by atoms with Crippen molar-refractivity contribution in [3.8, 4) is 6.07 Å². The maximum atomic E-state index is 8.85. The summed E-state index contributed by atoms with van der Waals surface area (Å²) in [5.41, 5.74) is 1.17. The first-order valence-corrected chi connectivity index (χ1v) is 5.89. The van der Waals surface area contributed by atoms with Crippen LogP contribution in [-0.2, 0) is 4.74 Å². The van der Waals surface area contributed by atoms with Crippen LogP contribution in [0.15, 0.2) is 6.07 Å². The van der Waals surface area contributed by atoms with Crippen LogP contribution in [0.5, 0.6) is 0 Å². The van der Waals surface area contributed by atoms with Gasteiger partial charge in [0.2, 0.25) is 5.95 Å². The molecule has 0 bridgehead atoms. The first-order valence-electron chi connectivity index (χ1n) is 5.89. The Labute approximate surface area is 108 Å². The molecule has 1 heterocycles. The third kappa shape index (κ3) is 3.97. The summed E-state index contributed by atoms with van der Waals surface area (Å²) in [6.45, 7) is 8.78. The van der Waals surface area contributed by atoms with Gasteiger partial charge in [0.1, 0.15) is 11.8 Å². The van der Waals surface area contributed by atoms with Gasteiger partial charge in [0.05, 0.1) is 6.10 Å². The van der Waals surface area contributed by atoms with E-state index in [1.807, 2.05) is 13.0 Å². The van der Waals surface area contributed by atoms with Gasteiger partial charge in [-0.3, -0.25) is 0 Å². The zero-order chi connectivity index (χ0) is 13.8. The van der Waals surface area contributed by atoms with Gasteiger partial charge in [-0.1, -0.05) is 20.8 Å². The number of anilines is 1. The van der Waals surface area contributed by atoms with Crippen LogP contribution in [0.4, 0.5) is 5.95 Å². The normalized spacial score (nSPS) is 12.9. The maximum absolute atomic E-state index is 8.85. The van der Waals surface area contributed by atoms with Crippen LogP contribution in [0.25, 0.3) is 0 Å². The van der Waals surface area contributed by atoms with E-state index in [0.717, 1.165) is 5.69 Å². The number of rotatable bonds is 4. The predicted octanol–water partition coefficient (Wildman–Crippen LogP) is 2.13. The number of nitrogens with zero attached hydrogens (tertiary/aromatic N) is 3. The second-order valence-electron chi connectivity index (χ2n) is 5.30. The molecular formula is C13H20N4O. The number of aryl methyl sites for hydroxylation is 1. The Bertz CT molecular complexity index is 445. The van der Waals surface area contributed by atoms with Gasteiger partial charge in [-0.2, -0.15) is 5.26 Å². The number of nitriles is 1. The van der Waals surface area contributed by atoms with Crippen LogP contribution >= 0.6 is 0 Å². The van der Waals surface area contributed by atoms with Crippen molar-refractivity contribution in [3.63, 3.8) is 0 Å². The third-order valence-corrected chi connectivity index (χ3v) is 2.66. The molecule has 0 amide bonds. The maximum Gasteiger partial charge on any atom is 0.224 e. The number of nitrogens with one attached hydrogen (secondary N) is 1. The first-order chi connectivity index (χ1) is 8.36. The summed E-state index contributed by atoms with van der Waals surface area (Å²) in [5, 5.41) is 12.0. The number of hydrogen-bond acceptors (Lipinski definition) is 5. The van der Waals surface area contributed by atoms with Crippen molar-refractivity contribution in [3.05, 3.63) is 17.5 Å². The van der Waals surface area contributed by atoms with Gasteiger partial charge in [-0.05, 0) is 18.4 Å². The molecule has 1 rings (SSSR count). The summed E-state index contributed by atoms with van der Waals surface area (Å²) in [4.78, 5) is 8.34. The minimum Gasteiger partial charge on any atom is -0.379 e. The number of methoxy groups -OCH3 is 1. The predicted molar refractivity (Wildman–Crippen MR) is 70.2 cm³/mol. The topological polar surface area (TPSA) is 70.8 Å². The van der Waals surface area contributed by atoms with E-state index in [9.17, 15) is 0 Å². The SMILES string of the molecule is CO[C@@H](CNc1nc(C)cc(C#N)n1)C(C)(C)C. The van der Waals surface area contributed by atoms with E-state index < -0.39 is 0 Å². The van der Waals surface area contributed by atoms with Gasteiger partial charge in [0.15, 0.2) is 0 Å². The van der Waals surface area contributed by atoms with E-state index in [2.05, 4.69) is 36.1 Å². The molecule has 0 radical (unpaired) electrons. The van der Waals surface area contributed by atoms with Crippen molar-refractivity contribution in [1.29, 1.82) is 5.26 Å². The molecular weight excluding hydrogens is 228 g/mol. The highest BCUT2D eigenvalue weighted by Gasteiger charge is 2.24. The minimum atomic E-state index is 0.0314. The molecule has 0 saturated heterocycles. The molecule has 98 valence electrons. The third-order valence-electron chi connectivity index (χ3n) is 2.66. The molecule has 0 saturated carbocycles. The Hall–Kier alpha value is -1.67. The molecule has 1 N–H and O–H groups in total. The number of hydrogen-bond donors (Lipinski definition) is 1. The summed E-state index contributed by atoms with van der Waals surface area (Å²) >= 11 is 0. The number of aromatic nitrogens is 2. The Kier molecular flexibility index (Phi) is 4.62. The summed E-state index contributed by atoms with van der Waals surface area (Å²) in [5.74, 6) is 0.470. The molecule has 5 heteroatoms. The van der Waals surface area contributed by atoms with Crippen LogP contribution in [0, 0.1) is 23.7 Å². The van der Waals surface area contributed by atoms with Crippen LogP contribution in [0.2, 0.25) is 0 Å². The molecule has 0 spiro atoms. The van der Waals surface area contributed by atoms with E-state index in [0.29, 0.717) is 18.2 Å². The van der Waals surface area contributed by atoms with E-state index >= 15 is 0 Å². The molecule has 5 nitrogen and oxygen atoms in total. The Morgan fingerprint density at radius 1 is 1.44 bits per heavy atom. The first kappa shape index (κ1) is 14.4. The smallest absolute Gasteiger partial charge is 0.224 e. The molecule has 1 atom stereocenters. The van der Waals surface area contributed by atoms with Crippen molar-refractivity contribution in [1.82, 2.24) is 9.97 Å². The lowest BCUT2D eigenvalue weighted by molar-refractivity contribution is 0.0268. The second kappa shape index (κ2) is 5.78. The molecule has 0 aromatic carbocycles. The van der Waals surface area contributed by atoms with Crippen LogP contribution in [0.3, 0.4) is 0 Å². The van der Waals surface area contributed by atoms with Crippen molar-refractivity contribution in [2.75, 3.05) is 19.0 Å². The highest BCUT2D eigenvalue weighted by Crippen LogP contribution is 2.21. The van der Waals surface area contributed by atoms with E-state index in [4.69, 9.17) is 10.00 Å². The highest BCUT2D eigenvalue weighted by atomic mass is 16.5. The lowest BCUT2D eigenvalue weighted by atomic mass is 9.89. The van der Waals surface area contributed by atoms with Gasteiger partial charge in [-0.15, -0.1) is 0 Å². The van der Waals surface area contributed by atoms with Gasteiger partial charge in [-0.25, -0.2) is 9.97 Å². The van der Waals surface area contributed by atoms with Crippen LogP contribution in [-0.4, -0.2) is 29.7 Å². The van der Waals surface area contributed by atoms with Gasteiger partial charge < -0.3 is 10.1 Å². The fraction of sp³-hybridized carbons (Fsp3) is 0.615. The monoisotopic (exact) mass is 248 g/mol. The molecule has 1 aromatic rings. The zero-order valence-corrected chi connectivity index (χ0v) is 11.6. The number of ether oxygens (including phenoxy) is 1. The molecule has 1 aromatic heterocycles. The lowest BCUT2D eigenvalue weighted by Gasteiger charge is -2.29.